The molecular formula is C17H17F2NO5S. The number of nitrogens with zero attached hydrogens (tertiary/aromatic N) is 1. The molecule has 9 heteroatoms. The Kier molecular flexibility index (Phi) is 4.83. The average molecular weight is 385 g/mol. The number of hydrogen-bond acceptors (Lipinski definition) is 5. The third kappa shape index (κ3) is 2.80. The van der Waals surface area contributed by atoms with Crippen molar-refractivity contribution in [1.29, 1.82) is 0 Å². The summed E-state index contributed by atoms with van der Waals surface area (Å²) < 4.78 is 52.0. The zero-order chi connectivity index (χ0) is 19.2. The molecule has 0 amide bonds. The van der Waals surface area contributed by atoms with Crippen LogP contribution in [-0.4, -0.2) is 34.7 Å². The number of carbonyl (C=O) groups is 1. The molecule has 3 rings (SSSR count). The molecule has 1 saturated carbocycles. The zero-order valence-electron chi connectivity index (χ0n) is 14.4. The number of halogens is 2. The number of carbonyl (C=O) groups excluding carboxylic acids is 1. The van der Waals surface area contributed by atoms with Gasteiger partial charge in [-0.1, -0.05) is 0 Å². The van der Waals surface area contributed by atoms with E-state index in [0.717, 1.165) is 13.2 Å². The number of pyridine rings is 1. The first-order valence-electron chi connectivity index (χ1n) is 7.98. The summed E-state index contributed by atoms with van der Waals surface area (Å²) in [4.78, 5) is 25.3. The van der Waals surface area contributed by atoms with Gasteiger partial charge < -0.3 is 14.0 Å². The van der Waals surface area contributed by atoms with Gasteiger partial charge in [0.05, 0.1) is 35.4 Å². The Morgan fingerprint density at radius 1 is 1.38 bits per heavy atom. The van der Waals surface area contributed by atoms with Crippen molar-refractivity contribution in [3.63, 3.8) is 0 Å². The van der Waals surface area contributed by atoms with Gasteiger partial charge >= 0.3 is 5.97 Å². The third-order valence-electron chi connectivity index (χ3n) is 4.16. The van der Waals surface area contributed by atoms with Gasteiger partial charge in [0.15, 0.2) is 11.6 Å². The van der Waals surface area contributed by atoms with Crippen molar-refractivity contribution >= 4 is 27.7 Å². The molecule has 1 aromatic carbocycles. The van der Waals surface area contributed by atoms with Gasteiger partial charge in [0.1, 0.15) is 10.6 Å². The van der Waals surface area contributed by atoms with E-state index in [1.54, 1.807) is 6.92 Å². The summed E-state index contributed by atoms with van der Waals surface area (Å²) in [5.41, 5.74) is -1.28. The van der Waals surface area contributed by atoms with E-state index in [0.29, 0.717) is 12.8 Å². The van der Waals surface area contributed by atoms with Crippen molar-refractivity contribution in [3.8, 4) is 5.75 Å². The molecule has 0 aliphatic heterocycles. The first-order chi connectivity index (χ1) is 12.3. The van der Waals surface area contributed by atoms with Crippen LogP contribution in [0.25, 0.3) is 10.9 Å². The summed E-state index contributed by atoms with van der Waals surface area (Å²) in [5.74, 6) is -3.91. The standard InChI is InChI=1S/C17H17F2NO5S/c1-4-25-17(22)11-14(21)9-7-10(18)12(19)15(24-2)13(9)20(8-5-6-8)16(11)26(3)23/h7-8H,4-6H2,1-3H3. The minimum atomic E-state index is -1.75. The predicted molar refractivity (Wildman–Crippen MR) is 91.2 cm³/mol. The minimum Gasteiger partial charge on any atom is -0.491 e. The largest absolute Gasteiger partial charge is 0.491 e. The maximum absolute atomic E-state index is 14.3. The van der Waals surface area contributed by atoms with Crippen LogP contribution in [0.15, 0.2) is 15.9 Å². The van der Waals surface area contributed by atoms with Gasteiger partial charge in [0.25, 0.3) is 0 Å². The molecule has 0 spiro atoms. The van der Waals surface area contributed by atoms with E-state index < -0.39 is 45.1 Å². The van der Waals surface area contributed by atoms with Crippen molar-refractivity contribution < 1.29 is 27.3 Å². The van der Waals surface area contributed by atoms with Gasteiger partial charge in [-0.05, 0) is 25.8 Å². The molecule has 1 unspecified atom stereocenters. The molecule has 1 heterocycles. The van der Waals surface area contributed by atoms with E-state index in [1.165, 1.54) is 10.8 Å². The van der Waals surface area contributed by atoms with E-state index in [4.69, 9.17) is 9.47 Å². The molecule has 1 aliphatic rings. The summed E-state index contributed by atoms with van der Waals surface area (Å²) >= 11 is 0. The quantitative estimate of drug-likeness (QED) is 0.740. The maximum atomic E-state index is 14.3. The van der Waals surface area contributed by atoms with E-state index >= 15 is 0 Å². The fourth-order valence-electron chi connectivity index (χ4n) is 2.99. The molecule has 1 aromatic heterocycles. The second kappa shape index (κ2) is 6.79. The third-order valence-corrected chi connectivity index (χ3v) is 5.11. The van der Waals surface area contributed by atoms with Crippen LogP contribution in [-0.2, 0) is 15.5 Å². The summed E-state index contributed by atoms with van der Waals surface area (Å²) in [7, 11) is -0.601. The lowest BCUT2D eigenvalue weighted by atomic mass is 10.1. The highest BCUT2D eigenvalue weighted by molar-refractivity contribution is 7.84. The van der Waals surface area contributed by atoms with Gasteiger partial charge in [-0.25, -0.2) is 9.18 Å². The van der Waals surface area contributed by atoms with Crippen LogP contribution in [0.4, 0.5) is 8.78 Å². The first kappa shape index (κ1) is 18.5. The Labute approximate surface area is 150 Å². The Hall–Kier alpha value is -2.29. The lowest BCUT2D eigenvalue weighted by Crippen LogP contribution is -2.26. The van der Waals surface area contributed by atoms with Crippen LogP contribution >= 0.6 is 0 Å². The molecule has 0 bridgehead atoms. The number of esters is 1. The lowest BCUT2D eigenvalue weighted by molar-refractivity contribution is 0.0518. The van der Waals surface area contributed by atoms with Crippen LogP contribution < -0.4 is 10.2 Å². The van der Waals surface area contributed by atoms with Crippen molar-refractivity contribution in [1.82, 2.24) is 4.57 Å². The molecule has 1 fully saturated rings. The van der Waals surface area contributed by atoms with Crippen molar-refractivity contribution in [2.75, 3.05) is 20.0 Å². The number of ether oxygens (including phenoxy) is 2. The SMILES string of the molecule is CCOC(=O)c1c(S(C)=O)n(C2CC2)c2c(OC)c(F)c(F)cc2c1=O. The van der Waals surface area contributed by atoms with E-state index in [9.17, 15) is 22.6 Å². The molecule has 26 heavy (non-hydrogen) atoms. The molecule has 0 saturated heterocycles. The van der Waals surface area contributed by atoms with Gasteiger partial charge in [-0.3, -0.25) is 9.00 Å². The Morgan fingerprint density at radius 3 is 2.54 bits per heavy atom. The summed E-state index contributed by atoms with van der Waals surface area (Å²) in [6, 6.07) is 0.545. The van der Waals surface area contributed by atoms with Crippen molar-refractivity contribution in [2.24, 2.45) is 0 Å². The normalized spacial score (nSPS) is 15.1. The van der Waals surface area contributed by atoms with Crippen LogP contribution in [0.1, 0.15) is 36.2 Å². The second-order valence-electron chi connectivity index (χ2n) is 5.89. The van der Waals surface area contributed by atoms with Crippen LogP contribution in [0.3, 0.4) is 0 Å². The molecule has 6 nitrogen and oxygen atoms in total. The van der Waals surface area contributed by atoms with Crippen LogP contribution in [0.5, 0.6) is 5.75 Å². The highest BCUT2D eigenvalue weighted by atomic mass is 32.2. The Bertz CT molecular complexity index is 997. The Morgan fingerprint density at radius 2 is 2.04 bits per heavy atom. The van der Waals surface area contributed by atoms with Gasteiger partial charge in [0.2, 0.25) is 11.2 Å². The number of hydrogen-bond donors (Lipinski definition) is 0. The fourth-order valence-corrected chi connectivity index (χ4v) is 3.97. The summed E-state index contributed by atoms with van der Waals surface area (Å²) in [5, 5.41) is -0.280. The molecule has 0 N–H and O–H groups in total. The minimum absolute atomic E-state index is 0.00264. The van der Waals surface area contributed by atoms with E-state index in [-0.39, 0.29) is 28.6 Å². The number of benzene rings is 1. The molecular weight excluding hydrogens is 368 g/mol. The smallest absolute Gasteiger partial charge is 0.344 e. The molecule has 140 valence electrons. The highest BCUT2D eigenvalue weighted by Gasteiger charge is 2.35. The zero-order valence-corrected chi connectivity index (χ0v) is 15.2. The lowest BCUT2D eigenvalue weighted by Gasteiger charge is -2.20. The van der Waals surface area contributed by atoms with E-state index in [1.807, 2.05) is 0 Å². The second-order valence-corrected chi connectivity index (χ2v) is 7.18. The van der Waals surface area contributed by atoms with Crippen molar-refractivity contribution in [2.45, 2.75) is 30.8 Å². The first-order valence-corrected chi connectivity index (χ1v) is 9.53. The van der Waals surface area contributed by atoms with Crippen LogP contribution in [0, 0.1) is 11.6 Å². The summed E-state index contributed by atoms with van der Waals surface area (Å²) in [6.45, 7) is 1.58. The molecule has 1 atom stereocenters. The van der Waals surface area contributed by atoms with Crippen LogP contribution in [0.2, 0.25) is 0 Å². The summed E-state index contributed by atoms with van der Waals surface area (Å²) in [6.07, 6.45) is 2.69. The van der Waals surface area contributed by atoms with Gasteiger partial charge in [0, 0.05) is 12.3 Å². The maximum Gasteiger partial charge on any atom is 0.344 e. The van der Waals surface area contributed by atoms with Gasteiger partial charge in [-0.2, -0.15) is 4.39 Å². The highest BCUT2D eigenvalue weighted by Crippen LogP contribution is 2.42. The topological polar surface area (TPSA) is 74.6 Å². The van der Waals surface area contributed by atoms with Crippen molar-refractivity contribution in [3.05, 3.63) is 33.5 Å². The molecule has 0 radical (unpaired) electrons. The monoisotopic (exact) mass is 385 g/mol. The van der Waals surface area contributed by atoms with E-state index in [2.05, 4.69) is 0 Å². The Balaban J connectivity index is 2.58. The number of methoxy groups -OCH3 is 1. The number of rotatable bonds is 5. The predicted octanol–water partition coefficient (Wildman–Crippen LogP) is 2.54. The number of aromatic nitrogens is 1. The average Bonchev–Trinajstić information content (AvgIpc) is 3.41. The molecule has 1 aliphatic carbocycles. The van der Waals surface area contributed by atoms with Gasteiger partial charge in [-0.15, -0.1) is 0 Å². The number of fused-ring (bicyclic) bond motifs is 1. The fraction of sp³-hybridized carbons (Fsp3) is 0.412. The molecule has 2 aromatic rings.